The van der Waals surface area contributed by atoms with Crippen LogP contribution in [0.2, 0.25) is 0 Å². The summed E-state index contributed by atoms with van der Waals surface area (Å²) in [7, 11) is -3.87. The zero-order valence-corrected chi connectivity index (χ0v) is 11.9. The van der Waals surface area contributed by atoms with Gasteiger partial charge in [-0.2, -0.15) is 0 Å². The summed E-state index contributed by atoms with van der Waals surface area (Å²) in [5, 5.41) is 18.3. The Morgan fingerprint density at radius 1 is 1.45 bits per heavy atom. The molecule has 1 aromatic carbocycles. The molecule has 1 rings (SSSR count). The number of benzene rings is 1. The van der Waals surface area contributed by atoms with Gasteiger partial charge in [0.15, 0.2) is 0 Å². The quantitative estimate of drug-likeness (QED) is 0.540. The third kappa shape index (κ3) is 4.19. The van der Waals surface area contributed by atoms with Gasteiger partial charge in [-0.05, 0) is 24.6 Å². The Hall–Kier alpha value is -1.64. The SMILES string of the molecule is CCCC(O)CNS(=O)(=O)c1ccc(C(=O)O)cc1N. The van der Waals surface area contributed by atoms with Gasteiger partial charge in [-0.15, -0.1) is 0 Å². The summed E-state index contributed by atoms with van der Waals surface area (Å²) in [6.07, 6.45) is 0.447. The molecule has 0 saturated heterocycles. The van der Waals surface area contributed by atoms with E-state index in [-0.39, 0.29) is 22.7 Å². The predicted octanol–water partition coefficient (Wildman–Crippen LogP) is 0.406. The van der Waals surface area contributed by atoms with Gasteiger partial charge in [0.2, 0.25) is 10.0 Å². The zero-order valence-electron chi connectivity index (χ0n) is 11.0. The van der Waals surface area contributed by atoms with Crippen LogP contribution in [-0.2, 0) is 10.0 Å². The Morgan fingerprint density at radius 3 is 2.60 bits per heavy atom. The lowest BCUT2D eigenvalue weighted by Crippen LogP contribution is -2.32. The highest BCUT2D eigenvalue weighted by molar-refractivity contribution is 7.89. The van der Waals surface area contributed by atoms with E-state index in [1.807, 2.05) is 6.92 Å². The predicted molar refractivity (Wildman–Crippen MR) is 73.9 cm³/mol. The van der Waals surface area contributed by atoms with E-state index in [9.17, 15) is 18.3 Å². The fourth-order valence-electron chi connectivity index (χ4n) is 1.65. The van der Waals surface area contributed by atoms with Gasteiger partial charge in [-0.1, -0.05) is 13.3 Å². The van der Waals surface area contributed by atoms with E-state index >= 15 is 0 Å². The van der Waals surface area contributed by atoms with Crippen LogP contribution >= 0.6 is 0 Å². The number of nitrogens with two attached hydrogens (primary N) is 1. The monoisotopic (exact) mass is 302 g/mol. The first-order chi connectivity index (χ1) is 9.27. The summed E-state index contributed by atoms with van der Waals surface area (Å²) in [6.45, 7) is 1.76. The van der Waals surface area contributed by atoms with Gasteiger partial charge < -0.3 is 15.9 Å². The van der Waals surface area contributed by atoms with Gasteiger partial charge >= 0.3 is 5.97 Å². The Morgan fingerprint density at radius 2 is 2.10 bits per heavy atom. The fourth-order valence-corrected chi connectivity index (χ4v) is 2.83. The lowest BCUT2D eigenvalue weighted by Gasteiger charge is -2.12. The second-order valence-electron chi connectivity index (χ2n) is 4.35. The van der Waals surface area contributed by atoms with Crippen molar-refractivity contribution in [3.8, 4) is 0 Å². The molecular formula is C12H18N2O5S. The third-order valence-corrected chi connectivity index (χ3v) is 4.17. The van der Waals surface area contributed by atoms with Crippen molar-refractivity contribution in [3.05, 3.63) is 23.8 Å². The number of nitrogen functional groups attached to an aromatic ring is 1. The molecule has 0 amide bonds. The number of carboxylic acids is 1. The maximum Gasteiger partial charge on any atom is 0.335 e. The molecule has 8 heteroatoms. The lowest BCUT2D eigenvalue weighted by atomic mass is 10.2. The zero-order chi connectivity index (χ0) is 15.3. The van der Waals surface area contributed by atoms with E-state index in [0.717, 1.165) is 24.6 Å². The molecule has 112 valence electrons. The van der Waals surface area contributed by atoms with Crippen molar-refractivity contribution in [2.75, 3.05) is 12.3 Å². The number of hydrogen-bond donors (Lipinski definition) is 4. The highest BCUT2D eigenvalue weighted by Gasteiger charge is 2.19. The molecule has 5 N–H and O–H groups in total. The van der Waals surface area contributed by atoms with Gasteiger partial charge in [0.1, 0.15) is 4.90 Å². The molecule has 0 bridgehead atoms. The Bertz CT molecular complexity index is 586. The molecule has 0 fully saturated rings. The molecule has 20 heavy (non-hydrogen) atoms. The Balaban J connectivity index is 2.90. The van der Waals surface area contributed by atoms with Crippen molar-refractivity contribution in [2.24, 2.45) is 0 Å². The van der Waals surface area contributed by atoms with Crippen molar-refractivity contribution >= 4 is 21.7 Å². The smallest absolute Gasteiger partial charge is 0.335 e. The molecule has 1 atom stereocenters. The number of rotatable bonds is 7. The third-order valence-electron chi connectivity index (χ3n) is 2.68. The van der Waals surface area contributed by atoms with E-state index in [1.165, 1.54) is 0 Å². The molecule has 0 saturated carbocycles. The molecule has 0 aliphatic carbocycles. The largest absolute Gasteiger partial charge is 0.478 e. The fraction of sp³-hybridized carbons (Fsp3) is 0.417. The summed E-state index contributed by atoms with van der Waals surface area (Å²) in [5.74, 6) is -1.19. The van der Waals surface area contributed by atoms with E-state index in [2.05, 4.69) is 4.72 Å². The highest BCUT2D eigenvalue weighted by Crippen LogP contribution is 2.19. The second kappa shape index (κ2) is 6.69. The van der Waals surface area contributed by atoms with Crippen LogP contribution in [0.25, 0.3) is 0 Å². The van der Waals surface area contributed by atoms with E-state index in [4.69, 9.17) is 10.8 Å². The number of aromatic carboxylic acids is 1. The van der Waals surface area contributed by atoms with Crippen molar-refractivity contribution in [1.29, 1.82) is 0 Å². The second-order valence-corrected chi connectivity index (χ2v) is 6.09. The molecule has 0 heterocycles. The molecule has 0 aliphatic heterocycles. The van der Waals surface area contributed by atoms with Gasteiger partial charge in [0.05, 0.1) is 17.4 Å². The first-order valence-electron chi connectivity index (χ1n) is 6.08. The average molecular weight is 302 g/mol. The summed E-state index contributed by atoms with van der Waals surface area (Å²) in [4.78, 5) is 10.5. The molecule has 0 aliphatic rings. The minimum absolute atomic E-state index is 0.0903. The summed E-state index contributed by atoms with van der Waals surface area (Å²) >= 11 is 0. The maximum absolute atomic E-state index is 12.0. The summed E-state index contributed by atoms with van der Waals surface area (Å²) in [6, 6.07) is 3.38. The normalized spacial score (nSPS) is 13.1. The summed E-state index contributed by atoms with van der Waals surface area (Å²) < 4.78 is 26.2. The number of sulfonamides is 1. The molecule has 0 aromatic heterocycles. The van der Waals surface area contributed by atoms with Crippen LogP contribution in [0.5, 0.6) is 0 Å². The first kappa shape index (κ1) is 16.4. The lowest BCUT2D eigenvalue weighted by molar-refractivity contribution is 0.0697. The molecule has 1 unspecified atom stereocenters. The van der Waals surface area contributed by atoms with Crippen LogP contribution in [0.15, 0.2) is 23.1 Å². The van der Waals surface area contributed by atoms with E-state index in [1.54, 1.807) is 0 Å². The van der Waals surface area contributed by atoms with Crippen LogP contribution in [0, 0.1) is 0 Å². The molecule has 0 radical (unpaired) electrons. The highest BCUT2D eigenvalue weighted by atomic mass is 32.2. The van der Waals surface area contributed by atoms with Gasteiger partial charge in [0, 0.05) is 6.54 Å². The van der Waals surface area contributed by atoms with E-state index < -0.39 is 22.1 Å². The number of aliphatic hydroxyl groups excluding tert-OH is 1. The molecule has 0 spiro atoms. The van der Waals surface area contributed by atoms with Gasteiger partial charge in [-0.3, -0.25) is 0 Å². The van der Waals surface area contributed by atoms with Gasteiger partial charge in [0.25, 0.3) is 0 Å². The van der Waals surface area contributed by atoms with Crippen LogP contribution in [0.3, 0.4) is 0 Å². The minimum atomic E-state index is -3.87. The van der Waals surface area contributed by atoms with Crippen molar-refractivity contribution in [2.45, 2.75) is 30.8 Å². The standard InChI is InChI=1S/C12H18N2O5S/c1-2-3-9(15)7-14-20(18,19)11-5-4-8(12(16)17)6-10(11)13/h4-6,9,14-15H,2-3,7,13H2,1H3,(H,16,17). The van der Waals surface area contributed by atoms with Gasteiger partial charge in [-0.25, -0.2) is 17.9 Å². The molecular weight excluding hydrogens is 284 g/mol. The minimum Gasteiger partial charge on any atom is -0.478 e. The van der Waals surface area contributed by atoms with Crippen molar-refractivity contribution in [3.63, 3.8) is 0 Å². The topological polar surface area (TPSA) is 130 Å². The summed E-state index contributed by atoms with van der Waals surface area (Å²) in [5.41, 5.74) is 5.32. The molecule has 7 nitrogen and oxygen atoms in total. The maximum atomic E-state index is 12.0. The van der Waals surface area contributed by atoms with Crippen LogP contribution in [0.1, 0.15) is 30.1 Å². The Labute approximate surface area is 117 Å². The van der Waals surface area contributed by atoms with Crippen molar-refractivity contribution < 1.29 is 23.4 Å². The number of carbonyl (C=O) groups is 1. The Kier molecular flexibility index (Phi) is 5.49. The number of carboxylic acid groups (broad SMARTS) is 1. The van der Waals surface area contributed by atoms with Crippen LogP contribution in [0.4, 0.5) is 5.69 Å². The number of aliphatic hydroxyl groups is 1. The van der Waals surface area contributed by atoms with Crippen molar-refractivity contribution in [1.82, 2.24) is 4.72 Å². The first-order valence-corrected chi connectivity index (χ1v) is 7.56. The average Bonchev–Trinajstić information content (AvgIpc) is 2.36. The number of nitrogens with one attached hydrogen (secondary N) is 1. The van der Waals surface area contributed by atoms with Crippen LogP contribution < -0.4 is 10.5 Å². The van der Waals surface area contributed by atoms with E-state index in [0.29, 0.717) is 6.42 Å². The number of hydrogen-bond acceptors (Lipinski definition) is 5. The van der Waals surface area contributed by atoms with Crippen LogP contribution in [-0.4, -0.2) is 37.2 Å². The molecule has 1 aromatic rings. The number of anilines is 1.